The summed E-state index contributed by atoms with van der Waals surface area (Å²) in [5.74, 6) is -0.847. The van der Waals surface area contributed by atoms with Crippen molar-refractivity contribution < 1.29 is 31.9 Å². The molecule has 0 aromatic heterocycles. The van der Waals surface area contributed by atoms with Gasteiger partial charge in [0.1, 0.15) is 18.4 Å². The number of nitrogens with zero attached hydrogens (tertiary/aromatic N) is 2. The quantitative estimate of drug-likeness (QED) is 0.589. The summed E-state index contributed by atoms with van der Waals surface area (Å²) in [6.07, 6.45) is 0.974. The molecule has 1 aliphatic rings. The van der Waals surface area contributed by atoms with Crippen molar-refractivity contribution in [1.29, 1.82) is 0 Å². The lowest BCUT2D eigenvalue weighted by molar-refractivity contribution is -0.140. The maximum absolute atomic E-state index is 14.4. The van der Waals surface area contributed by atoms with E-state index in [1.807, 2.05) is 0 Å². The van der Waals surface area contributed by atoms with Gasteiger partial charge in [-0.3, -0.25) is 13.9 Å². The van der Waals surface area contributed by atoms with Crippen LogP contribution in [0.4, 0.5) is 10.1 Å². The van der Waals surface area contributed by atoms with E-state index in [-0.39, 0.29) is 24.6 Å². The van der Waals surface area contributed by atoms with Crippen molar-refractivity contribution in [3.05, 3.63) is 53.8 Å². The van der Waals surface area contributed by atoms with Gasteiger partial charge in [-0.15, -0.1) is 0 Å². The SMILES string of the molecule is CC(C(=O)NC(C)(C)C)N(Cc1ccccc1F)C(=O)CN(c1ccc2c(c1)OCO2)S(C)(=O)=O. The number of fused-ring (bicyclic) bond motifs is 1. The molecule has 1 atom stereocenters. The number of ether oxygens (including phenoxy) is 2. The van der Waals surface area contributed by atoms with Gasteiger partial charge in [0.15, 0.2) is 11.5 Å². The number of anilines is 1. The number of nitrogens with one attached hydrogen (secondary N) is 1. The van der Waals surface area contributed by atoms with Crippen LogP contribution in [-0.2, 0) is 26.2 Å². The minimum Gasteiger partial charge on any atom is -0.454 e. The summed E-state index contributed by atoms with van der Waals surface area (Å²) in [6.45, 7) is 6.10. The molecule has 0 spiro atoms. The molecule has 0 saturated heterocycles. The van der Waals surface area contributed by atoms with Crippen molar-refractivity contribution in [3.8, 4) is 11.5 Å². The first-order valence-corrected chi connectivity index (χ1v) is 12.8. The number of rotatable bonds is 8. The second kappa shape index (κ2) is 10.1. The fourth-order valence-corrected chi connectivity index (χ4v) is 4.36. The van der Waals surface area contributed by atoms with Gasteiger partial charge in [0.25, 0.3) is 0 Å². The highest BCUT2D eigenvalue weighted by Gasteiger charge is 2.32. The molecule has 3 rings (SSSR count). The zero-order valence-electron chi connectivity index (χ0n) is 20.4. The van der Waals surface area contributed by atoms with Crippen LogP contribution in [-0.4, -0.2) is 56.3 Å². The number of benzene rings is 2. The van der Waals surface area contributed by atoms with Gasteiger partial charge in [-0.1, -0.05) is 18.2 Å². The van der Waals surface area contributed by atoms with Crippen molar-refractivity contribution in [2.75, 3.05) is 23.9 Å². The van der Waals surface area contributed by atoms with E-state index >= 15 is 0 Å². The largest absolute Gasteiger partial charge is 0.454 e. The molecule has 0 radical (unpaired) electrons. The summed E-state index contributed by atoms with van der Waals surface area (Å²) in [4.78, 5) is 27.6. The molecule has 1 N–H and O–H groups in total. The molecule has 0 aliphatic carbocycles. The van der Waals surface area contributed by atoms with E-state index in [1.54, 1.807) is 32.9 Å². The summed E-state index contributed by atoms with van der Waals surface area (Å²) in [7, 11) is -3.90. The summed E-state index contributed by atoms with van der Waals surface area (Å²) < 4.78 is 51.2. The molecule has 35 heavy (non-hydrogen) atoms. The predicted octanol–water partition coefficient (Wildman–Crippen LogP) is 2.65. The van der Waals surface area contributed by atoms with E-state index in [0.717, 1.165) is 10.6 Å². The van der Waals surface area contributed by atoms with Crippen LogP contribution >= 0.6 is 0 Å². The zero-order chi connectivity index (χ0) is 26.0. The standard InChI is InChI=1S/C24H30FN3O6S/c1-16(23(30)26-24(2,3)4)27(13-17-8-6-7-9-19(17)25)22(29)14-28(35(5,31)32)18-10-11-20-21(12-18)34-15-33-20/h6-12,16H,13-15H2,1-5H3,(H,26,30). The Hall–Kier alpha value is -3.34. The maximum Gasteiger partial charge on any atom is 0.244 e. The molecule has 1 heterocycles. The van der Waals surface area contributed by atoms with E-state index < -0.39 is 45.8 Å². The van der Waals surface area contributed by atoms with Crippen LogP contribution in [0, 0.1) is 5.82 Å². The third kappa shape index (κ3) is 6.62. The minimum absolute atomic E-state index is 0.00735. The monoisotopic (exact) mass is 507 g/mol. The highest BCUT2D eigenvalue weighted by atomic mass is 32.2. The van der Waals surface area contributed by atoms with Gasteiger partial charge in [0, 0.05) is 23.7 Å². The Morgan fingerprint density at radius 3 is 2.40 bits per heavy atom. The lowest BCUT2D eigenvalue weighted by Gasteiger charge is -2.33. The summed E-state index contributed by atoms with van der Waals surface area (Å²) >= 11 is 0. The van der Waals surface area contributed by atoms with Crippen molar-refractivity contribution in [2.24, 2.45) is 0 Å². The molecule has 0 saturated carbocycles. The molecule has 11 heteroatoms. The van der Waals surface area contributed by atoms with Gasteiger partial charge in [-0.05, 0) is 45.9 Å². The van der Waals surface area contributed by atoms with E-state index in [4.69, 9.17) is 9.47 Å². The van der Waals surface area contributed by atoms with Gasteiger partial charge in [-0.2, -0.15) is 0 Å². The molecule has 2 aromatic rings. The molecular weight excluding hydrogens is 477 g/mol. The average Bonchev–Trinajstić information content (AvgIpc) is 3.22. The van der Waals surface area contributed by atoms with Crippen LogP contribution in [0.2, 0.25) is 0 Å². The summed E-state index contributed by atoms with van der Waals surface area (Å²) in [5.41, 5.74) is -0.170. The molecular formula is C24H30FN3O6S. The second-order valence-corrected chi connectivity index (χ2v) is 11.2. The van der Waals surface area contributed by atoms with E-state index in [1.165, 1.54) is 42.2 Å². The van der Waals surface area contributed by atoms with Crippen molar-refractivity contribution >= 4 is 27.5 Å². The Labute approximate surface area is 204 Å². The van der Waals surface area contributed by atoms with E-state index in [2.05, 4.69) is 5.32 Å². The number of amides is 2. The van der Waals surface area contributed by atoms with Gasteiger partial charge in [-0.25, -0.2) is 12.8 Å². The van der Waals surface area contributed by atoms with Crippen LogP contribution < -0.4 is 19.1 Å². The number of sulfonamides is 1. The number of hydrogen-bond donors (Lipinski definition) is 1. The molecule has 190 valence electrons. The molecule has 2 aromatic carbocycles. The normalized spacial score (nSPS) is 13.8. The zero-order valence-corrected chi connectivity index (χ0v) is 21.2. The molecule has 1 unspecified atom stereocenters. The highest BCUT2D eigenvalue weighted by molar-refractivity contribution is 7.92. The number of hydrogen-bond acceptors (Lipinski definition) is 6. The Bertz CT molecular complexity index is 1210. The van der Waals surface area contributed by atoms with Crippen LogP contribution in [0.1, 0.15) is 33.3 Å². The van der Waals surface area contributed by atoms with Gasteiger partial charge >= 0.3 is 0 Å². The lowest BCUT2D eigenvalue weighted by Crippen LogP contribution is -2.54. The van der Waals surface area contributed by atoms with Gasteiger partial charge < -0.3 is 19.7 Å². The first-order valence-electron chi connectivity index (χ1n) is 11.0. The van der Waals surface area contributed by atoms with Crippen LogP contribution in [0.25, 0.3) is 0 Å². The van der Waals surface area contributed by atoms with Crippen LogP contribution in [0.5, 0.6) is 11.5 Å². The number of carbonyl (C=O) groups excluding carboxylic acids is 2. The smallest absolute Gasteiger partial charge is 0.244 e. The highest BCUT2D eigenvalue weighted by Crippen LogP contribution is 2.36. The minimum atomic E-state index is -3.90. The molecule has 2 amide bonds. The first kappa shape index (κ1) is 26.3. The topological polar surface area (TPSA) is 105 Å². The summed E-state index contributed by atoms with van der Waals surface area (Å²) in [6, 6.07) is 9.42. The van der Waals surface area contributed by atoms with E-state index in [0.29, 0.717) is 11.5 Å². The molecule has 0 bridgehead atoms. The molecule has 0 fully saturated rings. The van der Waals surface area contributed by atoms with Crippen LogP contribution in [0.3, 0.4) is 0 Å². The predicted molar refractivity (Wildman–Crippen MR) is 129 cm³/mol. The third-order valence-corrected chi connectivity index (χ3v) is 6.43. The number of carbonyl (C=O) groups is 2. The number of halogens is 1. The Kier molecular flexibility index (Phi) is 7.59. The van der Waals surface area contributed by atoms with Crippen molar-refractivity contribution in [1.82, 2.24) is 10.2 Å². The van der Waals surface area contributed by atoms with Crippen LogP contribution in [0.15, 0.2) is 42.5 Å². The average molecular weight is 508 g/mol. The lowest BCUT2D eigenvalue weighted by atomic mass is 10.1. The van der Waals surface area contributed by atoms with Gasteiger partial charge in [0.2, 0.25) is 28.6 Å². The van der Waals surface area contributed by atoms with Crippen molar-refractivity contribution in [2.45, 2.75) is 45.8 Å². The molecule has 1 aliphatic heterocycles. The third-order valence-electron chi connectivity index (χ3n) is 5.29. The fraction of sp³-hybridized carbons (Fsp3) is 0.417. The van der Waals surface area contributed by atoms with Gasteiger partial charge in [0.05, 0.1) is 11.9 Å². The van der Waals surface area contributed by atoms with E-state index in [9.17, 15) is 22.4 Å². The second-order valence-electron chi connectivity index (χ2n) is 9.34. The fourth-order valence-electron chi connectivity index (χ4n) is 3.52. The first-order chi connectivity index (χ1) is 16.3. The van der Waals surface area contributed by atoms with Crippen molar-refractivity contribution in [3.63, 3.8) is 0 Å². The Balaban J connectivity index is 1.93. The maximum atomic E-state index is 14.4. The Morgan fingerprint density at radius 1 is 1.11 bits per heavy atom. The Morgan fingerprint density at radius 2 is 1.77 bits per heavy atom. The molecule has 9 nitrogen and oxygen atoms in total. The summed E-state index contributed by atoms with van der Waals surface area (Å²) in [5, 5.41) is 2.81.